The van der Waals surface area contributed by atoms with Crippen LogP contribution in [-0.2, 0) is 0 Å². The summed E-state index contributed by atoms with van der Waals surface area (Å²) in [6.45, 7) is 0. The summed E-state index contributed by atoms with van der Waals surface area (Å²) in [4.78, 5) is 10.8. The third-order valence-corrected chi connectivity index (χ3v) is 3.30. The van der Waals surface area contributed by atoms with Gasteiger partial charge in [-0.25, -0.2) is 4.68 Å². The summed E-state index contributed by atoms with van der Waals surface area (Å²) < 4.78 is 6.94. The molecule has 0 aliphatic carbocycles. The lowest BCUT2D eigenvalue weighted by atomic mass is 10.2. The van der Waals surface area contributed by atoms with Crippen LogP contribution in [0.4, 0.5) is 5.69 Å². The van der Waals surface area contributed by atoms with E-state index in [4.69, 9.17) is 16.3 Å². The summed E-state index contributed by atoms with van der Waals surface area (Å²) in [7, 11) is 0. The third-order valence-electron chi connectivity index (χ3n) is 2.98. The van der Waals surface area contributed by atoms with E-state index in [2.05, 4.69) is 15.3 Å². The van der Waals surface area contributed by atoms with E-state index in [9.17, 15) is 10.1 Å². The number of hydrogen-bond donors (Lipinski definition) is 0. The quantitative estimate of drug-likeness (QED) is 0.401. The second kappa shape index (κ2) is 6.88. The predicted octanol–water partition coefficient (Wildman–Crippen LogP) is 3.51. The smallest absolute Gasteiger partial charge is 0.312 e. The van der Waals surface area contributed by atoms with Crippen LogP contribution >= 0.6 is 11.6 Å². The SMILES string of the molecule is O=[N+]([O-])c1cc(/C=N\n2cnnc2)ccc1Oc1ccccc1Cl. The number of nitro benzene ring substituents is 1. The van der Waals surface area contributed by atoms with Gasteiger partial charge in [0, 0.05) is 11.6 Å². The van der Waals surface area contributed by atoms with Gasteiger partial charge < -0.3 is 4.74 Å². The van der Waals surface area contributed by atoms with Gasteiger partial charge >= 0.3 is 5.69 Å². The van der Waals surface area contributed by atoms with Gasteiger partial charge in [0.2, 0.25) is 5.75 Å². The van der Waals surface area contributed by atoms with Gasteiger partial charge in [0.15, 0.2) is 0 Å². The maximum atomic E-state index is 11.3. The molecule has 0 saturated carbocycles. The maximum absolute atomic E-state index is 11.3. The monoisotopic (exact) mass is 343 g/mol. The first-order chi connectivity index (χ1) is 11.6. The molecule has 8 nitrogen and oxygen atoms in total. The van der Waals surface area contributed by atoms with Crippen LogP contribution in [0.3, 0.4) is 0 Å². The van der Waals surface area contributed by atoms with Gasteiger partial charge in [0.25, 0.3) is 0 Å². The minimum Gasteiger partial charge on any atom is -0.449 e. The fourth-order valence-corrected chi connectivity index (χ4v) is 2.05. The second-order valence-corrected chi connectivity index (χ2v) is 5.01. The van der Waals surface area contributed by atoms with Gasteiger partial charge in [-0.1, -0.05) is 23.7 Å². The Morgan fingerprint density at radius 3 is 2.62 bits per heavy atom. The van der Waals surface area contributed by atoms with Gasteiger partial charge in [-0.3, -0.25) is 10.1 Å². The standard InChI is InChI=1S/C15H10ClN5O3/c16-12-3-1-2-4-14(12)24-15-6-5-11(7-13(15)21(22)23)8-19-20-9-17-18-10-20/h1-10H/b19-8-. The third kappa shape index (κ3) is 3.55. The molecule has 0 atom stereocenters. The molecule has 9 heteroatoms. The van der Waals surface area contributed by atoms with Gasteiger partial charge in [-0.05, 0) is 24.3 Å². The Morgan fingerprint density at radius 1 is 1.17 bits per heavy atom. The molecule has 0 aliphatic rings. The van der Waals surface area contributed by atoms with E-state index in [1.165, 1.54) is 35.7 Å². The lowest BCUT2D eigenvalue weighted by Gasteiger charge is -2.08. The fourth-order valence-electron chi connectivity index (χ4n) is 1.88. The Bertz CT molecular complexity index is 896. The van der Waals surface area contributed by atoms with E-state index in [0.29, 0.717) is 16.3 Å². The maximum Gasteiger partial charge on any atom is 0.312 e. The molecule has 0 bridgehead atoms. The summed E-state index contributed by atoms with van der Waals surface area (Å²) in [6, 6.07) is 11.2. The molecule has 24 heavy (non-hydrogen) atoms. The van der Waals surface area contributed by atoms with Crippen molar-refractivity contribution in [3.05, 3.63) is 75.8 Å². The number of ether oxygens (including phenoxy) is 1. The van der Waals surface area contributed by atoms with Crippen LogP contribution in [0, 0.1) is 10.1 Å². The molecule has 1 aromatic heterocycles. The average molecular weight is 344 g/mol. The van der Waals surface area contributed by atoms with Crippen LogP contribution in [0.25, 0.3) is 0 Å². The van der Waals surface area contributed by atoms with E-state index in [-0.39, 0.29) is 11.4 Å². The number of nitrogens with zero attached hydrogens (tertiary/aromatic N) is 5. The van der Waals surface area contributed by atoms with Gasteiger partial charge in [0.1, 0.15) is 18.4 Å². The highest BCUT2D eigenvalue weighted by atomic mass is 35.5. The van der Waals surface area contributed by atoms with Crippen molar-refractivity contribution in [1.82, 2.24) is 14.9 Å². The Kier molecular flexibility index (Phi) is 4.48. The van der Waals surface area contributed by atoms with Crippen LogP contribution < -0.4 is 4.74 Å². The highest BCUT2D eigenvalue weighted by Gasteiger charge is 2.17. The molecule has 3 rings (SSSR count). The van der Waals surface area contributed by atoms with E-state index in [1.54, 1.807) is 30.3 Å². The van der Waals surface area contributed by atoms with Crippen molar-refractivity contribution >= 4 is 23.5 Å². The van der Waals surface area contributed by atoms with Crippen molar-refractivity contribution < 1.29 is 9.66 Å². The Labute approximate surface area is 141 Å². The van der Waals surface area contributed by atoms with Crippen molar-refractivity contribution in [2.45, 2.75) is 0 Å². The number of aromatic nitrogens is 3. The number of rotatable bonds is 5. The first-order valence-corrected chi connectivity index (χ1v) is 7.11. The molecule has 2 aromatic carbocycles. The highest BCUT2D eigenvalue weighted by molar-refractivity contribution is 6.32. The van der Waals surface area contributed by atoms with Crippen LogP contribution in [0.15, 0.2) is 60.2 Å². The molecular formula is C15H10ClN5O3. The summed E-state index contributed by atoms with van der Waals surface area (Å²) in [5.74, 6) is 0.433. The molecule has 0 amide bonds. The van der Waals surface area contributed by atoms with E-state index >= 15 is 0 Å². The van der Waals surface area contributed by atoms with E-state index in [0.717, 1.165) is 0 Å². The summed E-state index contributed by atoms with van der Waals surface area (Å²) >= 11 is 6.01. The molecule has 120 valence electrons. The normalized spacial score (nSPS) is 10.9. The van der Waals surface area contributed by atoms with E-state index < -0.39 is 4.92 Å². The summed E-state index contributed by atoms with van der Waals surface area (Å²) in [6.07, 6.45) is 4.26. The lowest BCUT2D eigenvalue weighted by Crippen LogP contribution is -1.96. The van der Waals surface area contributed by atoms with Crippen LogP contribution in [0.5, 0.6) is 11.5 Å². The molecule has 0 saturated heterocycles. The zero-order chi connectivity index (χ0) is 16.9. The molecule has 3 aromatic rings. The zero-order valence-corrected chi connectivity index (χ0v) is 12.9. The second-order valence-electron chi connectivity index (χ2n) is 4.60. The van der Waals surface area contributed by atoms with Gasteiger partial charge in [-0.2, -0.15) is 5.10 Å². The van der Waals surface area contributed by atoms with Crippen molar-refractivity contribution in [2.75, 3.05) is 0 Å². The van der Waals surface area contributed by atoms with Crippen molar-refractivity contribution in [1.29, 1.82) is 0 Å². The minimum absolute atomic E-state index is 0.0922. The zero-order valence-electron chi connectivity index (χ0n) is 12.1. The first-order valence-electron chi connectivity index (χ1n) is 6.73. The van der Waals surface area contributed by atoms with Crippen LogP contribution in [-0.4, -0.2) is 26.0 Å². The van der Waals surface area contributed by atoms with Crippen LogP contribution in [0.2, 0.25) is 5.02 Å². The van der Waals surface area contributed by atoms with Crippen LogP contribution in [0.1, 0.15) is 5.56 Å². The number of halogens is 1. The molecule has 0 unspecified atom stereocenters. The number of para-hydroxylation sites is 1. The molecule has 0 fully saturated rings. The number of hydrogen-bond acceptors (Lipinski definition) is 6. The number of benzene rings is 2. The van der Waals surface area contributed by atoms with Crippen molar-refractivity contribution in [3.63, 3.8) is 0 Å². The van der Waals surface area contributed by atoms with Crippen molar-refractivity contribution in [2.24, 2.45) is 5.10 Å². The fraction of sp³-hybridized carbons (Fsp3) is 0. The summed E-state index contributed by atoms with van der Waals surface area (Å²) in [5, 5.41) is 22.9. The Hall–Kier alpha value is -3.26. The molecule has 0 spiro atoms. The first kappa shape index (κ1) is 15.6. The lowest BCUT2D eigenvalue weighted by molar-refractivity contribution is -0.385. The molecular weight excluding hydrogens is 334 g/mol. The van der Waals surface area contributed by atoms with Crippen molar-refractivity contribution in [3.8, 4) is 11.5 Å². The Morgan fingerprint density at radius 2 is 1.92 bits per heavy atom. The molecule has 0 N–H and O–H groups in total. The minimum atomic E-state index is -0.526. The predicted molar refractivity (Wildman–Crippen MR) is 87.6 cm³/mol. The number of nitro groups is 1. The topological polar surface area (TPSA) is 95.4 Å². The largest absolute Gasteiger partial charge is 0.449 e. The molecule has 1 heterocycles. The Balaban J connectivity index is 1.90. The van der Waals surface area contributed by atoms with Gasteiger partial charge in [0.05, 0.1) is 16.2 Å². The summed E-state index contributed by atoms with van der Waals surface area (Å²) in [5.41, 5.74) is 0.338. The average Bonchev–Trinajstić information content (AvgIpc) is 3.09. The van der Waals surface area contributed by atoms with Gasteiger partial charge in [-0.15, -0.1) is 10.2 Å². The molecule has 0 radical (unpaired) electrons. The molecule has 0 aliphatic heterocycles. The van der Waals surface area contributed by atoms with E-state index in [1.807, 2.05) is 0 Å². The highest BCUT2D eigenvalue weighted by Crippen LogP contribution is 2.35.